The lowest BCUT2D eigenvalue weighted by Crippen LogP contribution is -2.32. The molecule has 2 aromatic carbocycles. The lowest BCUT2D eigenvalue weighted by Gasteiger charge is -2.16. The van der Waals surface area contributed by atoms with Crippen molar-refractivity contribution in [1.82, 2.24) is 5.32 Å². The molecule has 0 aliphatic heterocycles. The fourth-order valence-corrected chi connectivity index (χ4v) is 3.03. The highest BCUT2D eigenvalue weighted by Crippen LogP contribution is 2.42. The highest BCUT2D eigenvalue weighted by molar-refractivity contribution is 5.87. The van der Waals surface area contributed by atoms with Crippen LogP contribution in [0.5, 0.6) is 0 Å². The molecule has 1 fully saturated rings. The van der Waals surface area contributed by atoms with Gasteiger partial charge in [0, 0.05) is 6.54 Å². The Morgan fingerprint density at radius 1 is 1.08 bits per heavy atom. The number of nitrogens with one attached hydrogen (secondary N) is 1. The summed E-state index contributed by atoms with van der Waals surface area (Å²) in [5, 5.41) is 12.0. The van der Waals surface area contributed by atoms with Crippen molar-refractivity contribution in [2.45, 2.75) is 25.2 Å². The molecule has 0 saturated heterocycles. The molecule has 0 bridgehead atoms. The number of carboxylic acids is 1. The molecule has 0 spiro atoms. The summed E-state index contributed by atoms with van der Waals surface area (Å²) in [5.74, 6) is -0.490. The van der Waals surface area contributed by atoms with Crippen LogP contribution < -0.4 is 5.32 Å². The van der Waals surface area contributed by atoms with Gasteiger partial charge in [-0.3, -0.25) is 4.79 Å². The Morgan fingerprint density at radius 3 is 2.50 bits per heavy atom. The van der Waals surface area contributed by atoms with Gasteiger partial charge in [0.1, 0.15) is 0 Å². The Labute approximate surface area is 141 Å². The summed E-state index contributed by atoms with van der Waals surface area (Å²) in [6.07, 6.45) is 2.83. The van der Waals surface area contributed by atoms with Crippen LogP contribution in [-0.2, 0) is 11.2 Å². The van der Waals surface area contributed by atoms with E-state index in [2.05, 4.69) is 5.32 Å². The maximum atomic E-state index is 12.6. The van der Waals surface area contributed by atoms with Gasteiger partial charge in [-0.05, 0) is 48.4 Å². The molecule has 4 heteroatoms. The van der Waals surface area contributed by atoms with E-state index >= 15 is 0 Å². The topological polar surface area (TPSA) is 66.4 Å². The van der Waals surface area contributed by atoms with Gasteiger partial charge < -0.3 is 10.4 Å². The van der Waals surface area contributed by atoms with Crippen molar-refractivity contribution in [3.8, 4) is 0 Å². The molecule has 24 heavy (non-hydrogen) atoms. The van der Waals surface area contributed by atoms with Crippen molar-refractivity contribution in [2.24, 2.45) is 5.92 Å². The summed E-state index contributed by atoms with van der Waals surface area (Å²) in [4.78, 5) is 23.6. The number of rotatable bonds is 7. The minimum atomic E-state index is -0.932. The molecule has 2 N–H and O–H groups in total. The van der Waals surface area contributed by atoms with Gasteiger partial charge in [0.25, 0.3) is 0 Å². The highest BCUT2D eigenvalue weighted by Gasteiger charge is 2.36. The molecule has 1 saturated carbocycles. The molecule has 124 valence electrons. The smallest absolute Gasteiger partial charge is 0.335 e. The molecule has 2 aromatic rings. The molecule has 1 aliphatic rings. The second-order valence-corrected chi connectivity index (χ2v) is 6.27. The normalized spacial score (nSPS) is 14.8. The molecule has 1 atom stereocenters. The zero-order valence-electron chi connectivity index (χ0n) is 13.4. The van der Waals surface area contributed by atoms with Gasteiger partial charge in [-0.15, -0.1) is 0 Å². The van der Waals surface area contributed by atoms with Gasteiger partial charge in [0.15, 0.2) is 0 Å². The van der Waals surface area contributed by atoms with Crippen LogP contribution in [0.3, 0.4) is 0 Å². The molecule has 0 heterocycles. The van der Waals surface area contributed by atoms with E-state index in [9.17, 15) is 9.59 Å². The monoisotopic (exact) mass is 323 g/mol. The van der Waals surface area contributed by atoms with Crippen LogP contribution in [-0.4, -0.2) is 23.5 Å². The van der Waals surface area contributed by atoms with Crippen LogP contribution in [0.15, 0.2) is 54.6 Å². The zero-order valence-corrected chi connectivity index (χ0v) is 13.4. The molecular weight excluding hydrogens is 302 g/mol. The Bertz CT molecular complexity index is 723. The van der Waals surface area contributed by atoms with E-state index in [4.69, 9.17) is 5.11 Å². The van der Waals surface area contributed by atoms with Gasteiger partial charge in [0.05, 0.1) is 11.5 Å². The number of carboxylic acid groups (broad SMARTS) is 1. The van der Waals surface area contributed by atoms with Crippen molar-refractivity contribution >= 4 is 11.9 Å². The molecule has 1 aliphatic carbocycles. The van der Waals surface area contributed by atoms with Crippen molar-refractivity contribution in [3.63, 3.8) is 0 Å². The van der Waals surface area contributed by atoms with Crippen LogP contribution in [0.1, 0.15) is 40.2 Å². The zero-order chi connectivity index (χ0) is 16.9. The fraction of sp³-hybridized carbons (Fsp3) is 0.300. The molecule has 3 rings (SSSR count). The first-order valence-corrected chi connectivity index (χ1v) is 8.30. The van der Waals surface area contributed by atoms with Gasteiger partial charge in [-0.2, -0.15) is 0 Å². The van der Waals surface area contributed by atoms with Crippen LogP contribution in [0, 0.1) is 5.92 Å². The number of carbonyl (C=O) groups is 2. The summed E-state index contributed by atoms with van der Waals surface area (Å²) in [5.41, 5.74) is 2.27. The average molecular weight is 323 g/mol. The van der Waals surface area contributed by atoms with E-state index in [1.54, 1.807) is 18.2 Å². The van der Waals surface area contributed by atoms with E-state index in [0.717, 1.165) is 24.0 Å². The Morgan fingerprint density at radius 2 is 1.83 bits per heavy atom. The van der Waals surface area contributed by atoms with E-state index in [0.29, 0.717) is 18.9 Å². The summed E-state index contributed by atoms with van der Waals surface area (Å²) in [6, 6.07) is 16.8. The summed E-state index contributed by atoms with van der Waals surface area (Å²) in [6.45, 7) is 0.512. The largest absolute Gasteiger partial charge is 0.478 e. The minimum absolute atomic E-state index is 0.0677. The number of hydrogen-bond acceptors (Lipinski definition) is 2. The van der Waals surface area contributed by atoms with E-state index < -0.39 is 5.97 Å². The predicted molar refractivity (Wildman–Crippen MR) is 92.0 cm³/mol. The van der Waals surface area contributed by atoms with Crippen molar-refractivity contribution in [3.05, 3.63) is 71.3 Å². The first-order chi connectivity index (χ1) is 11.6. The Balaban J connectivity index is 1.58. The fourth-order valence-electron chi connectivity index (χ4n) is 3.03. The third kappa shape index (κ3) is 4.02. The van der Waals surface area contributed by atoms with Crippen molar-refractivity contribution in [1.29, 1.82) is 0 Å². The number of aromatic carboxylic acids is 1. The van der Waals surface area contributed by atoms with Gasteiger partial charge in [0.2, 0.25) is 5.91 Å². The predicted octanol–water partition coefficient (Wildman–Crippen LogP) is 3.24. The third-order valence-corrected chi connectivity index (χ3v) is 4.42. The molecule has 4 nitrogen and oxygen atoms in total. The van der Waals surface area contributed by atoms with E-state index in [1.165, 1.54) is 0 Å². The maximum Gasteiger partial charge on any atom is 0.335 e. The quantitative estimate of drug-likeness (QED) is 0.822. The van der Waals surface area contributed by atoms with Gasteiger partial charge >= 0.3 is 5.97 Å². The van der Waals surface area contributed by atoms with Crippen molar-refractivity contribution in [2.75, 3.05) is 6.54 Å². The van der Waals surface area contributed by atoms with Crippen LogP contribution in [0.25, 0.3) is 0 Å². The minimum Gasteiger partial charge on any atom is -0.478 e. The standard InChI is InChI=1S/C20H21NO3/c22-19(18(16-9-10-16)15-6-2-1-3-7-15)21-12-11-14-5-4-8-17(13-14)20(23)24/h1-8,13,16,18H,9-12H2,(H,21,22)(H,23,24). The highest BCUT2D eigenvalue weighted by atomic mass is 16.4. The van der Waals surface area contributed by atoms with Gasteiger partial charge in [-0.25, -0.2) is 4.79 Å². The maximum absolute atomic E-state index is 12.6. The molecule has 1 unspecified atom stereocenters. The molecule has 0 aromatic heterocycles. The van der Waals surface area contributed by atoms with Gasteiger partial charge in [-0.1, -0.05) is 42.5 Å². The van der Waals surface area contributed by atoms with Crippen LogP contribution >= 0.6 is 0 Å². The molecule has 0 radical (unpaired) electrons. The third-order valence-electron chi connectivity index (χ3n) is 4.42. The summed E-state index contributed by atoms with van der Waals surface area (Å²) >= 11 is 0. The molecular formula is C20H21NO3. The van der Waals surface area contributed by atoms with E-state index in [1.807, 2.05) is 36.4 Å². The molecule has 1 amide bonds. The van der Waals surface area contributed by atoms with Crippen LogP contribution in [0.4, 0.5) is 0 Å². The first kappa shape index (κ1) is 16.2. The second kappa shape index (κ2) is 7.30. The average Bonchev–Trinajstić information content (AvgIpc) is 3.41. The van der Waals surface area contributed by atoms with Crippen molar-refractivity contribution < 1.29 is 14.7 Å². The number of amides is 1. The number of benzene rings is 2. The summed E-state index contributed by atoms with van der Waals surface area (Å²) in [7, 11) is 0. The summed E-state index contributed by atoms with van der Waals surface area (Å²) < 4.78 is 0. The lowest BCUT2D eigenvalue weighted by atomic mass is 9.93. The Hall–Kier alpha value is -2.62. The lowest BCUT2D eigenvalue weighted by molar-refractivity contribution is -0.123. The number of hydrogen-bond donors (Lipinski definition) is 2. The SMILES string of the molecule is O=C(O)c1cccc(CCNC(=O)C(c2ccccc2)C2CC2)c1. The first-order valence-electron chi connectivity index (χ1n) is 8.30. The van der Waals surface area contributed by atoms with Crippen LogP contribution in [0.2, 0.25) is 0 Å². The second-order valence-electron chi connectivity index (χ2n) is 6.27. The van der Waals surface area contributed by atoms with E-state index in [-0.39, 0.29) is 17.4 Å². The Kier molecular flexibility index (Phi) is 4.94. The number of carbonyl (C=O) groups excluding carboxylic acids is 1.